The van der Waals surface area contributed by atoms with Gasteiger partial charge in [-0.25, -0.2) is 0 Å². The van der Waals surface area contributed by atoms with Crippen LogP contribution in [0.15, 0.2) is 41.2 Å². The average Bonchev–Trinajstić information content (AvgIpc) is 2.78. The van der Waals surface area contributed by atoms with Crippen molar-refractivity contribution in [1.29, 1.82) is 0 Å². The number of rotatable bonds is 8. The summed E-state index contributed by atoms with van der Waals surface area (Å²) in [6.45, 7) is 0.472. The Morgan fingerprint density at radius 3 is 2.23 bits per heavy atom. The van der Waals surface area contributed by atoms with Gasteiger partial charge >= 0.3 is 0 Å². The molecule has 1 aromatic heterocycles. The number of hydrogen-bond donors (Lipinski definition) is 3. The number of anilines is 1. The fourth-order valence-corrected chi connectivity index (χ4v) is 3.44. The number of thiocarbonyl (C=S) groups is 1. The van der Waals surface area contributed by atoms with Crippen LogP contribution < -0.4 is 35.1 Å². The Kier molecular flexibility index (Phi) is 7.19. The van der Waals surface area contributed by atoms with Crippen LogP contribution in [0.4, 0.5) is 5.69 Å². The van der Waals surface area contributed by atoms with Crippen LogP contribution in [0.25, 0.3) is 10.9 Å². The van der Waals surface area contributed by atoms with E-state index in [4.69, 9.17) is 31.2 Å². The predicted molar refractivity (Wildman–Crippen MR) is 125 cm³/mol. The quantitative estimate of drug-likeness (QED) is 0.458. The number of fused-ring (bicyclic) bond motifs is 1. The summed E-state index contributed by atoms with van der Waals surface area (Å²) in [6, 6.07) is 10.8. The monoisotopic (exact) mass is 443 g/mol. The molecule has 0 unspecified atom stereocenters. The molecule has 0 bridgehead atoms. The van der Waals surface area contributed by atoms with Crippen LogP contribution in [0.2, 0.25) is 0 Å². The molecule has 3 aromatic rings. The lowest BCUT2D eigenvalue weighted by atomic mass is 10.1. The summed E-state index contributed by atoms with van der Waals surface area (Å²) in [5.41, 5.74) is 1.80. The van der Waals surface area contributed by atoms with Gasteiger partial charge in [0.2, 0.25) is 0 Å². The van der Waals surface area contributed by atoms with E-state index in [9.17, 15) is 4.79 Å². The van der Waals surface area contributed by atoms with Gasteiger partial charge < -0.3 is 34.6 Å². The second-order valence-corrected chi connectivity index (χ2v) is 6.99. The molecule has 0 saturated carbocycles. The number of methoxy groups -OCH3 is 4. The molecule has 0 aliphatic carbocycles. The Balaban J connectivity index is 1.68. The summed E-state index contributed by atoms with van der Waals surface area (Å²) in [7, 11) is 6.30. The van der Waals surface area contributed by atoms with E-state index in [-0.39, 0.29) is 5.56 Å². The molecule has 8 nitrogen and oxygen atoms in total. The minimum absolute atomic E-state index is 0.181. The molecule has 9 heteroatoms. The summed E-state index contributed by atoms with van der Waals surface area (Å²) < 4.78 is 21.3. The normalized spacial score (nSPS) is 10.5. The van der Waals surface area contributed by atoms with Gasteiger partial charge in [-0.05, 0) is 49.0 Å². The zero-order chi connectivity index (χ0) is 22.4. The van der Waals surface area contributed by atoms with E-state index in [0.717, 1.165) is 11.1 Å². The third-order valence-corrected chi connectivity index (χ3v) is 5.02. The van der Waals surface area contributed by atoms with Crippen molar-refractivity contribution in [3.63, 3.8) is 0 Å². The molecule has 164 valence electrons. The van der Waals surface area contributed by atoms with Gasteiger partial charge in [-0.1, -0.05) is 0 Å². The smallest absolute Gasteiger partial charge is 0.251 e. The van der Waals surface area contributed by atoms with Gasteiger partial charge in [-0.2, -0.15) is 0 Å². The Morgan fingerprint density at radius 1 is 0.903 bits per heavy atom. The minimum atomic E-state index is -0.181. The van der Waals surface area contributed by atoms with E-state index in [1.807, 2.05) is 18.2 Å². The molecule has 0 spiro atoms. The summed E-state index contributed by atoms with van der Waals surface area (Å²) in [6.07, 6.45) is 0.472. The number of H-pyrrole nitrogens is 1. The predicted octanol–water partition coefficient (Wildman–Crippen LogP) is 3.09. The highest BCUT2D eigenvalue weighted by Gasteiger charge is 2.12. The number of pyridine rings is 1. The number of nitrogens with one attached hydrogen (secondary N) is 3. The molecule has 3 N–H and O–H groups in total. The molecular formula is C22H25N3O5S. The van der Waals surface area contributed by atoms with Crippen molar-refractivity contribution in [2.75, 3.05) is 40.3 Å². The number of benzene rings is 2. The van der Waals surface area contributed by atoms with Gasteiger partial charge in [-0.15, -0.1) is 0 Å². The Hall–Kier alpha value is -3.46. The second kappa shape index (κ2) is 10.0. The molecule has 1 heterocycles. The maximum atomic E-state index is 12.5. The maximum absolute atomic E-state index is 12.5. The van der Waals surface area contributed by atoms with Crippen LogP contribution in [0, 0.1) is 0 Å². The topological polar surface area (TPSA) is 93.8 Å². The number of ether oxygens (including phenoxy) is 4. The van der Waals surface area contributed by atoms with Crippen LogP contribution in [0.3, 0.4) is 0 Å². The highest BCUT2D eigenvalue weighted by Crippen LogP contribution is 2.31. The molecule has 0 fully saturated rings. The Labute approximate surface area is 185 Å². The molecule has 0 atom stereocenters. The summed E-state index contributed by atoms with van der Waals surface area (Å²) in [4.78, 5) is 15.4. The molecule has 0 radical (unpaired) electrons. The van der Waals surface area contributed by atoms with E-state index in [0.29, 0.717) is 52.2 Å². The van der Waals surface area contributed by atoms with Gasteiger partial charge in [0.25, 0.3) is 5.56 Å². The molecular weight excluding hydrogens is 418 g/mol. The van der Waals surface area contributed by atoms with Gasteiger partial charge in [-0.3, -0.25) is 4.79 Å². The fraction of sp³-hybridized carbons (Fsp3) is 0.273. The standard InChI is InChI=1S/C22H25N3O5S/c1-27-16-7-8-18(29-3)20-15(16)11-13(21(26)25-20)9-10-23-22(31)24-14-5-6-17(28-2)19(12-14)30-4/h5-8,11-12H,9-10H2,1-4H3,(H,25,26)(H2,23,24,31). The van der Waals surface area contributed by atoms with E-state index in [1.54, 1.807) is 46.6 Å². The zero-order valence-electron chi connectivity index (χ0n) is 17.8. The highest BCUT2D eigenvalue weighted by atomic mass is 32.1. The fourth-order valence-electron chi connectivity index (χ4n) is 3.22. The van der Waals surface area contributed by atoms with E-state index >= 15 is 0 Å². The van der Waals surface area contributed by atoms with Crippen LogP contribution in [0.1, 0.15) is 5.56 Å². The van der Waals surface area contributed by atoms with Crippen molar-refractivity contribution in [1.82, 2.24) is 10.3 Å². The SMILES string of the molecule is COc1ccc(NC(=S)NCCc2cc3c(OC)ccc(OC)c3[nH]c2=O)cc1OC. The minimum Gasteiger partial charge on any atom is -0.496 e. The molecule has 0 amide bonds. The molecule has 3 rings (SSSR count). The molecule has 0 aliphatic rings. The Bertz CT molecular complexity index is 1150. The lowest BCUT2D eigenvalue weighted by Crippen LogP contribution is -2.31. The molecule has 0 saturated heterocycles. The van der Waals surface area contributed by atoms with Crippen LogP contribution >= 0.6 is 12.2 Å². The third-order valence-electron chi connectivity index (χ3n) is 4.78. The first-order chi connectivity index (χ1) is 15.0. The first-order valence-electron chi connectivity index (χ1n) is 9.54. The molecule has 31 heavy (non-hydrogen) atoms. The van der Waals surface area contributed by atoms with Crippen molar-refractivity contribution in [3.8, 4) is 23.0 Å². The van der Waals surface area contributed by atoms with E-state index in [2.05, 4.69) is 15.6 Å². The number of hydrogen-bond acceptors (Lipinski definition) is 6. The highest BCUT2D eigenvalue weighted by molar-refractivity contribution is 7.80. The zero-order valence-corrected chi connectivity index (χ0v) is 18.6. The summed E-state index contributed by atoms with van der Waals surface area (Å²) in [5, 5.41) is 7.42. The van der Waals surface area contributed by atoms with Crippen molar-refractivity contribution < 1.29 is 18.9 Å². The van der Waals surface area contributed by atoms with Crippen LogP contribution in [-0.4, -0.2) is 45.1 Å². The van der Waals surface area contributed by atoms with Gasteiger partial charge in [0.15, 0.2) is 16.6 Å². The van der Waals surface area contributed by atoms with Crippen LogP contribution in [0.5, 0.6) is 23.0 Å². The first-order valence-corrected chi connectivity index (χ1v) is 9.95. The Morgan fingerprint density at radius 2 is 1.55 bits per heavy atom. The van der Waals surface area contributed by atoms with Crippen molar-refractivity contribution >= 4 is 33.9 Å². The van der Waals surface area contributed by atoms with Crippen LogP contribution in [-0.2, 0) is 6.42 Å². The van der Waals surface area contributed by atoms with E-state index in [1.165, 1.54) is 0 Å². The molecule has 0 aliphatic heterocycles. The molecule has 2 aromatic carbocycles. The van der Waals surface area contributed by atoms with Crippen molar-refractivity contribution in [3.05, 3.63) is 52.3 Å². The van der Waals surface area contributed by atoms with Gasteiger partial charge in [0.1, 0.15) is 11.5 Å². The second-order valence-electron chi connectivity index (χ2n) is 6.58. The maximum Gasteiger partial charge on any atom is 0.251 e. The summed E-state index contributed by atoms with van der Waals surface area (Å²) >= 11 is 5.36. The number of aromatic nitrogens is 1. The van der Waals surface area contributed by atoms with Gasteiger partial charge in [0.05, 0.1) is 34.0 Å². The van der Waals surface area contributed by atoms with Crippen molar-refractivity contribution in [2.24, 2.45) is 0 Å². The summed E-state index contributed by atoms with van der Waals surface area (Å²) in [5.74, 6) is 2.47. The first kappa shape index (κ1) is 22.2. The van der Waals surface area contributed by atoms with Crippen molar-refractivity contribution in [2.45, 2.75) is 6.42 Å². The van der Waals surface area contributed by atoms with E-state index < -0.39 is 0 Å². The van der Waals surface area contributed by atoms with Gasteiger partial charge in [0, 0.05) is 29.2 Å². The average molecular weight is 444 g/mol. The largest absolute Gasteiger partial charge is 0.496 e. The lowest BCUT2D eigenvalue weighted by molar-refractivity contribution is 0.355. The third kappa shape index (κ3) is 5.00. The lowest BCUT2D eigenvalue weighted by Gasteiger charge is -2.13. The number of aromatic amines is 1.